The predicted molar refractivity (Wildman–Crippen MR) is 88.6 cm³/mol. The van der Waals surface area contributed by atoms with Crippen molar-refractivity contribution >= 4 is 11.8 Å². The Morgan fingerprint density at radius 2 is 1.52 bits per heavy atom. The first-order valence-corrected chi connectivity index (χ1v) is 7.75. The fourth-order valence-electron chi connectivity index (χ4n) is 1.79. The summed E-state index contributed by atoms with van der Waals surface area (Å²) in [7, 11) is 1.60. The van der Waals surface area contributed by atoms with Gasteiger partial charge in [-0.1, -0.05) is 6.92 Å². The number of carbonyl (C=O) groups excluding carboxylic acids is 2. The van der Waals surface area contributed by atoms with Crippen LogP contribution in [0.3, 0.4) is 0 Å². The third-order valence-electron chi connectivity index (χ3n) is 3.39. The van der Waals surface area contributed by atoms with Gasteiger partial charge in [0.05, 0.1) is 13.7 Å². The molecular formula is C17H26N2O4. The summed E-state index contributed by atoms with van der Waals surface area (Å²) in [6, 6.07) is 7.19. The molecule has 6 heteroatoms. The topological polar surface area (TPSA) is 76.7 Å². The third-order valence-corrected chi connectivity index (χ3v) is 3.39. The fourth-order valence-corrected chi connectivity index (χ4v) is 1.79. The van der Waals surface area contributed by atoms with E-state index in [1.165, 1.54) is 0 Å². The van der Waals surface area contributed by atoms with Crippen molar-refractivity contribution in [1.29, 1.82) is 0 Å². The second kappa shape index (κ2) is 9.02. The van der Waals surface area contributed by atoms with Crippen LogP contribution in [-0.4, -0.2) is 38.6 Å². The smallest absolute Gasteiger partial charge is 0.235 e. The number of hydrogen-bond donors (Lipinski definition) is 2. The molecule has 128 valence electrons. The molecule has 0 spiro atoms. The molecule has 0 aliphatic heterocycles. The summed E-state index contributed by atoms with van der Waals surface area (Å²) < 4.78 is 10.6. The van der Waals surface area contributed by atoms with Gasteiger partial charge in [0.1, 0.15) is 23.5 Å². The molecule has 0 aromatic heterocycles. The molecule has 2 amide bonds. The Balaban J connectivity index is 2.36. The van der Waals surface area contributed by atoms with Gasteiger partial charge in [0.15, 0.2) is 0 Å². The molecule has 0 bridgehead atoms. The first-order chi connectivity index (χ1) is 10.9. The van der Waals surface area contributed by atoms with E-state index >= 15 is 0 Å². The molecule has 0 unspecified atom stereocenters. The lowest BCUT2D eigenvalue weighted by molar-refractivity contribution is -0.141. The summed E-state index contributed by atoms with van der Waals surface area (Å²) in [5.74, 6) is 0.864. The van der Waals surface area contributed by atoms with Gasteiger partial charge >= 0.3 is 0 Å². The highest BCUT2D eigenvalue weighted by atomic mass is 16.5. The molecule has 23 heavy (non-hydrogen) atoms. The van der Waals surface area contributed by atoms with Gasteiger partial charge in [0.2, 0.25) is 11.8 Å². The van der Waals surface area contributed by atoms with Crippen LogP contribution in [0.5, 0.6) is 11.5 Å². The molecule has 0 aliphatic rings. The highest BCUT2D eigenvalue weighted by molar-refractivity contribution is 6.04. The van der Waals surface area contributed by atoms with Gasteiger partial charge in [-0.05, 0) is 44.5 Å². The van der Waals surface area contributed by atoms with Crippen LogP contribution in [0.1, 0.15) is 27.2 Å². The van der Waals surface area contributed by atoms with E-state index < -0.39 is 5.41 Å². The SMILES string of the molecule is CCCNC(=O)C(C)(C)C(=O)NCCOc1ccc(OC)cc1. The first kappa shape index (κ1) is 18.8. The number of nitrogens with one attached hydrogen (secondary N) is 2. The number of amides is 2. The standard InChI is InChI=1S/C17H26N2O4/c1-5-10-18-15(20)17(2,3)16(21)19-11-12-23-14-8-6-13(22-4)7-9-14/h6-9H,5,10-12H2,1-4H3,(H,18,20)(H,19,21). The van der Waals surface area contributed by atoms with E-state index in [0.29, 0.717) is 25.4 Å². The zero-order chi connectivity index (χ0) is 17.3. The van der Waals surface area contributed by atoms with Crippen LogP contribution in [0, 0.1) is 5.41 Å². The first-order valence-electron chi connectivity index (χ1n) is 7.75. The van der Waals surface area contributed by atoms with Crippen molar-refractivity contribution in [2.75, 3.05) is 26.8 Å². The monoisotopic (exact) mass is 322 g/mol. The lowest BCUT2D eigenvalue weighted by Crippen LogP contribution is -2.48. The van der Waals surface area contributed by atoms with Gasteiger partial charge in [0, 0.05) is 6.54 Å². The maximum atomic E-state index is 12.1. The summed E-state index contributed by atoms with van der Waals surface area (Å²) in [6.07, 6.45) is 0.832. The number of rotatable bonds is 9. The molecule has 6 nitrogen and oxygen atoms in total. The number of ether oxygens (including phenoxy) is 2. The van der Waals surface area contributed by atoms with Gasteiger partial charge < -0.3 is 20.1 Å². The van der Waals surface area contributed by atoms with Crippen molar-refractivity contribution < 1.29 is 19.1 Å². The molecule has 1 rings (SSSR count). The molecule has 0 aliphatic carbocycles. The summed E-state index contributed by atoms with van der Waals surface area (Å²) in [5, 5.41) is 5.46. The minimum atomic E-state index is -1.10. The van der Waals surface area contributed by atoms with E-state index in [1.807, 2.05) is 6.92 Å². The Kier molecular flexibility index (Phi) is 7.38. The van der Waals surface area contributed by atoms with Gasteiger partial charge in [-0.3, -0.25) is 9.59 Å². The van der Waals surface area contributed by atoms with Crippen LogP contribution in [0.15, 0.2) is 24.3 Å². The van der Waals surface area contributed by atoms with E-state index in [2.05, 4.69) is 10.6 Å². The number of hydrogen-bond acceptors (Lipinski definition) is 4. The third kappa shape index (κ3) is 5.81. The molecular weight excluding hydrogens is 296 g/mol. The number of carbonyl (C=O) groups is 2. The fraction of sp³-hybridized carbons (Fsp3) is 0.529. The quantitative estimate of drug-likeness (QED) is 0.536. The largest absolute Gasteiger partial charge is 0.497 e. The molecule has 0 heterocycles. The van der Waals surface area contributed by atoms with E-state index in [-0.39, 0.29) is 11.8 Å². The normalized spacial score (nSPS) is 10.8. The van der Waals surface area contributed by atoms with Gasteiger partial charge in [-0.25, -0.2) is 0 Å². The van der Waals surface area contributed by atoms with Crippen LogP contribution >= 0.6 is 0 Å². The average molecular weight is 322 g/mol. The molecule has 0 saturated carbocycles. The van der Waals surface area contributed by atoms with Crippen LogP contribution in [0.4, 0.5) is 0 Å². The molecule has 0 saturated heterocycles. The van der Waals surface area contributed by atoms with E-state index in [1.54, 1.807) is 45.2 Å². The Labute approximate surface area is 137 Å². The van der Waals surface area contributed by atoms with Gasteiger partial charge in [-0.2, -0.15) is 0 Å². The van der Waals surface area contributed by atoms with Crippen LogP contribution in [0.2, 0.25) is 0 Å². The summed E-state index contributed by atoms with van der Waals surface area (Å²) >= 11 is 0. The highest BCUT2D eigenvalue weighted by Crippen LogP contribution is 2.17. The van der Waals surface area contributed by atoms with Crippen molar-refractivity contribution in [1.82, 2.24) is 10.6 Å². The van der Waals surface area contributed by atoms with Crippen molar-refractivity contribution in [3.8, 4) is 11.5 Å². The lowest BCUT2D eigenvalue weighted by atomic mass is 9.91. The van der Waals surface area contributed by atoms with Crippen molar-refractivity contribution in [2.45, 2.75) is 27.2 Å². The summed E-state index contributed by atoms with van der Waals surface area (Å²) in [5.41, 5.74) is -1.10. The molecule has 0 radical (unpaired) electrons. The van der Waals surface area contributed by atoms with Crippen molar-refractivity contribution in [2.24, 2.45) is 5.41 Å². The zero-order valence-electron chi connectivity index (χ0n) is 14.3. The van der Waals surface area contributed by atoms with E-state index in [0.717, 1.165) is 12.2 Å². The minimum Gasteiger partial charge on any atom is -0.497 e. The van der Waals surface area contributed by atoms with Gasteiger partial charge in [-0.15, -0.1) is 0 Å². The molecule has 2 N–H and O–H groups in total. The van der Waals surface area contributed by atoms with Crippen LogP contribution < -0.4 is 20.1 Å². The molecule has 1 aromatic rings. The maximum absolute atomic E-state index is 12.1. The average Bonchev–Trinajstić information content (AvgIpc) is 2.56. The van der Waals surface area contributed by atoms with Crippen LogP contribution in [0.25, 0.3) is 0 Å². The summed E-state index contributed by atoms with van der Waals surface area (Å²) in [4.78, 5) is 24.1. The second-order valence-electron chi connectivity index (χ2n) is 5.66. The molecule has 1 aromatic carbocycles. The van der Waals surface area contributed by atoms with Crippen molar-refractivity contribution in [3.05, 3.63) is 24.3 Å². The van der Waals surface area contributed by atoms with Gasteiger partial charge in [0.25, 0.3) is 0 Å². The Morgan fingerprint density at radius 3 is 2.04 bits per heavy atom. The molecule has 0 atom stereocenters. The second-order valence-corrected chi connectivity index (χ2v) is 5.66. The minimum absolute atomic E-state index is 0.270. The Hall–Kier alpha value is -2.24. The number of benzene rings is 1. The molecule has 0 fully saturated rings. The van der Waals surface area contributed by atoms with E-state index in [9.17, 15) is 9.59 Å². The van der Waals surface area contributed by atoms with Crippen molar-refractivity contribution in [3.63, 3.8) is 0 Å². The maximum Gasteiger partial charge on any atom is 0.235 e. The zero-order valence-corrected chi connectivity index (χ0v) is 14.3. The lowest BCUT2D eigenvalue weighted by Gasteiger charge is -2.22. The highest BCUT2D eigenvalue weighted by Gasteiger charge is 2.35. The summed E-state index contributed by atoms with van der Waals surface area (Å²) in [6.45, 7) is 6.40. The predicted octanol–water partition coefficient (Wildman–Crippen LogP) is 1.74. The Morgan fingerprint density at radius 1 is 1.00 bits per heavy atom. The number of methoxy groups -OCH3 is 1. The van der Waals surface area contributed by atoms with Crippen LogP contribution in [-0.2, 0) is 9.59 Å². The van der Waals surface area contributed by atoms with E-state index in [4.69, 9.17) is 9.47 Å². The Bertz CT molecular complexity index is 512.